The first kappa shape index (κ1) is 35.2. The van der Waals surface area contributed by atoms with Crippen LogP contribution in [-0.2, 0) is 0 Å². The second-order valence-electron chi connectivity index (χ2n) is 15.9. The molecule has 0 aliphatic rings. The van der Waals surface area contributed by atoms with Crippen LogP contribution in [0.15, 0.2) is 215 Å². The quantitative estimate of drug-likeness (QED) is 0.167. The van der Waals surface area contributed by atoms with Gasteiger partial charge >= 0.3 is 0 Å². The highest BCUT2D eigenvalue weighted by Crippen LogP contribution is 2.43. The molecule has 6 nitrogen and oxygen atoms in total. The zero-order valence-electron chi connectivity index (χ0n) is 33.7. The van der Waals surface area contributed by atoms with E-state index in [0.717, 1.165) is 99.5 Å². The van der Waals surface area contributed by atoms with Crippen molar-refractivity contribution in [3.63, 3.8) is 0 Å². The fourth-order valence-corrected chi connectivity index (χ4v) is 9.44. The maximum Gasteiger partial charge on any atom is 0.164 e. The molecule has 0 amide bonds. The van der Waals surface area contributed by atoms with Gasteiger partial charge in [-0.2, -0.15) is 0 Å². The molecule has 294 valence electrons. The fraction of sp³-hybridized carbons (Fsp3) is 0. The number of rotatable bonds is 6. The van der Waals surface area contributed by atoms with Crippen molar-refractivity contribution in [3.05, 3.63) is 206 Å². The van der Waals surface area contributed by atoms with E-state index in [4.69, 9.17) is 23.8 Å². The van der Waals surface area contributed by atoms with E-state index in [1.54, 1.807) is 0 Å². The minimum atomic E-state index is 0.566. The molecule has 13 aromatic rings. The molecule has 0 aliphatic carbocycles. The maximum atomic E-state index is 6.64. The highest BCUT2D eigenvalue weighted by atomic mass is 16.3. The molecule has 0 bridgehead atoms. The molecule has 0 atom stereocenters. The second-order valence-corrected chi connectivity index (χ2v) is 15.9. The number of nitrogens with zero attached hydrogens (tertiary/aromatic N) is 4. The third-order valence-corrected chi connectivity index (χ3v) is 12.3. The molecule has 6 heteroatoms. The Labute approximate surface area is 361 Å². The van der Waals surface area contributed by atoms with Crippen molar-refractivity contribution in [1.29, 1.82) is 0 Å². The van der Waals surface area contributed by atoms with E-state index in [-0.39, 0.29) is 0 Å². The van der Waals surface area contributed by atoms with Crippen LogP contribution < -0.4 is 0 Å². The van der Waals surface area contributed by atoms with Crippen LogP contribution in [0.5, 0.6) is 0 Å². The molecule has 0 N–H and O–H groups in total. The van der Waals surface area contributed by atoms with Crippen molar-refractivity contribution in [3.8, 4) is 62.1 Å². The monoisotopic (exact) mass is 806 g/mol. The van der Waals surface area contributed by atoms with E-state index in [9.17, 15) is 0 Å². The maximum absolute atomic E-state index is 6.64. The van der Waals surface area contributed by atoms with Crippen molar-refractivity contribution < 1.29 is 8.83 Å². The zero-order valence-corrected chi connectivity index (χ0v) is 33.7. The van der Waals surface area contributed by atoms with Crippen molar-refractivity contribution in [2.24, 2.45) is 0 Å². The van der Waals surface area contributed by atoms with Crippen LogP contribution >= 0.6 is 0 Å². The Bertz CT molecular complexity index is 3870. The van der Waals surface area contributed by atoms with Crippen molar-refractivity contribution >= 4 is 65.7 Å². The van der Waals surface area contributed by atoms with Gasteiger partial charge in [0.15, 0.2) is 17.5 Å². The summed E-state index contributed by atoms with van der Waals surface area (Å²) < 4.78 is 15.5. The van der Waals surface area contributed by atoms with E-state index >= 15 is 0 Å². The van der Waals surface area contributed by atoms with Gasteiger partial charge in [0.25, 0.3) is 0 Å². The zero-order chi connectivity index (χ0) is 41.4. The smallest absolute Gasteiger partial charge is 0.164 e. The first-order valence-corrected chi connectivity index (χ1v) is 21.1. The lowest BCUT2D eigenvalue weighted by atomic mass is 9.96. The predicted molar refractivity (Wildman–Crippen MR) is 256 cm³/mol. The molecule has 63 heavy (non-hydrogen) atoms. The topological polar surface area (TPSA) is 69.9 Å². The number of aromatic nitrogens is 4. The Morgan fingerprint density at radius 2 is 0.873 bits per heavy atom. The van der Waals surface area contributed by atoms with Gasteiger partial charge in [-0.25, -0.2) is 15.0 Å². The van der Waals surface area contributed by atoms with Crippen LogP contribution in [0.1, 0.15) is 0 Å². The third kappa shape index (κ3) is 5.62. The molecule has 13 rings (SSSR count). The van der Waals surface area contributed by atoms with Crippen molar-refractivity contribution in [2.45, 2.75) is 0 Å². The van der Waals surface area contributed by atoms with Gasteiger partial charge in [-0.3, -0.25) is 0 Å². The lowest BCUT2D eigenvalue weighted by Gasteiger charge is -2.12. The summed E-state index contributed by atoms with van der Waals surface area (Å²) in [6.45, 7) is 0. The summed E-state index contributed by atoms with van der Waals surface area (Å²) in [4.78, 5) is 15.6. The molecule has 0 spiro atoms. The highest BCUT2D eigenvalue weighted by Gasteiger charge is 2.21. The van der Waals surface area contributed by atoms with E-state index in [1.807, 2.05) is 48.5 Å². The summed E-state index contributed by atoms with van der Waals surface area (Å²) in [6.07, 6.45) is 0. The molecule has 4 aromatic heterocycles. The average Bonchev–Trinajstić information content (AvgIpc) is 4.04. The van der Waals surface area contributed by atoms with Gasteiger partial charge in [-0.1, -0.05) is 158 Å². The third-order valence-electron chi connectivity index (χ3n) is 12.3. The summed E-state index contributed by atoms with van der Waals surface area (Å²) in [7, 11) is 0. The number of hydrogen-bond acceptors (Lipinski definition) is 5. The standard InChI is InChI=1S/C57H34N4O2/c1-3-15-35(16-4-1)41-24-12-25-44-52-40(23-13-30-51(52)63-54(41)44)37-31-32-49-46(34-37)53-45(26-14-29-50(53)62-49)57-59-55(36-17-5-2-6-18-36)58-56(60-57)38-19-11-20-39(33-38)61-47-27-9-7-21-42(47)43-22-8-10-28-48(43)61/h1-34H. The second kappa shape index (κ2) is 14.0. The minimum absolute atomic E-state index is 0.566. The molecule has 9 aromatic carbocycles. The van der Waals surface area contributed by atoms with Crippen LogP contribution in [0, 0.1) is 0 Å². The van der Waals surface area contributed by atoms with Gasteiger partial charge < -0.3 is 13.4 Å². The minimum Gasteiger partial charge on any atom is -0.456 e. The fourth-order valence-electron chi connectivity index (χ4n) is 9.44. The normalized spacial score (nSPS) is 11.8. The summed E-state index contributed by atoms with van der Waals surface area (Å²) in [6, 6.07) is 71.4. The number of benzene rings is 9. The largest absolute Gasteiger partial charge is 0.456 e. The van der Waals surface area contributed by atoms with Gasteiger partial charge in [-0.15, -0.1) is 0 Å². The summed E-state index contributed by atoms with van der Waals surface area (Å²) in [5.41, 5.74) is 13.6. The molecule has 0 saturated carbocycles. The lowest BCUT2D eigenvalue weighted by molar-refractivity contribution is 0.669. The molecular weight excluding hydrogens is 773 g/mol. The van der Waals surface area contributed by atoms with E-state index in [2.05, 4.69) is 162 Å². The number of furan rings is 2. The number of hydrogen-bond donors (Lipinski definition) is 0. The van der Waals surface area contributed by atoms with Gasteiger partial charge in [0.05, 0.1) is 11.0 Å². The van der Waals surface area contributed by atoms with Gasteiger partial charge in [0.1, 0.15) is 22.3 Å². The first-order chi connectivity index (χ1) is 31.2. The molecule has 4 heterocycles. The Morgan fingerprint density at radius 1 is 0.317 bits per heavy atom. The molecule has 0 aliphatic heterocycles. The Kier molecular flexibility index (Phi) is 7.80. The summed E-state index contributed by atoms with van der Waals surface area (Å²) in [5.74, 6) is 1.74. The lowest BCUT2D eigenvalue weighted by Crippen LogP contribution is -2.01. The van der Waals surface area contributed by atoms with E-state index < -0.39 is 0 Å². The van der Waals surface area contributed by atoms with Crippen LogP contribution in [0.2, 0.25) is 0 Å². The van der Waals surface area contributed by atoms with Crippen LogP contribution in [0.3, 0.4) is 0 Å². The van der Waals surface area contributed by atoms with Gasteiger partial charge in [0.2, 0.25) is 0 Å². The summed E-state index contributed by atoms with van der Waals surface area (Å²) in [5, 5.41) is 6.50. The average molecular weight is 807 g/mol. The highest BCUT2D eigenvalue weighted by molar-refractivity contribution is 6.17. The Balaban J connectivity index is 0.992. The SMILES string of the molecule is c1ccc(-c2nc(-c3cccc(-n4c5ccccc5c5ccccc54)c3)nc(-c3cccc4oc5ccc(-c6cccc7oc8c(-c9ccccc9)cccc8c67)cc5c34)n2)cc1. The first-order valence-electron chi connectivity index (χ1n) is 21.1. The molecule has 0 unspecified atom stereocenters. The number of fused-ring (bicyclic) bond motifs is 9. The molecule has 0 saturated heterocycles. The molecule has 0 fully saturated rings. The predicted octanol–water partition coefficient (Wildman–Crippen LogP) is 15.1. The van der Waals surface area contributed by atoms with E-state index in [0.29, 0.717) is 17.5 Å². The molecular formula is C57H34N4O2. The molecule has 0 radical (unpaired) electrons. The van der Waals surface area contributed by atoms with Crippen molar-refractivity contribution in [1.82, 2.24) is 19.5 Å². The van der Waals surface area contributed by atoms with Crippen LogP contribution in [-0.4, -0.2) is 19.5 Å². The van der Waals surface area contributed by atoms with Crippen molar-refractivity contribution in [2.75, 3.05) is 0 Å². The summed E-state index contributed by atoms with van der Waals surface area (Å²) >= 11 is 0. The van der Waals surface area contributed by atoms with E-state index in [1.165, 1.54) is 10.8 Å². The number of para-hydroxylation sites is 3. The van der Waals surface area contributed by atoms with Gasteiger partial charge in [-0.05, 0) is 65.2 Å². The Hall–Kier alpha value is -8.61. The van der Waals surface area contributed by atoms with Crippen LogP contribution in [0.4, 0.5) is 0 Å². The van der Waals surface area contributed by atoms with Gasteiger partial charge in [0, 0.05) is 60.3 Å². The van der Waals surface area contributed by atoms with Crippen LogP contribution in [0.25, 0.3) is 128 Å². The Morgan fingerprint density at radius 3 is 1.63 bits per heavy atom.